The molecular weight excluding hydrogens is 180 g/mol. The first-order chi connectivity index (χ1) is 6.75. The monoisotopic (exact) mass is 190 g/mol. The first-order valence-electron chi connectivity index (χ1n) is 4.18. The van der Waals surface area contributed by atoms with Crippen molar-refractivity contribution in [3.63, 3.8) is 0 Å². The number of aromatic nitrogens is 2. The summed E-state index contributed by atoms with van der Waals surface area (Å²) in [6.45, 7) is 0. The van der Waals surface area contributed by atoms with E-state index in [0.29, 0.717) is 17.2 Å². The molecule has 2 heterocycles. The van der Waals surface area contributed by atoms with Gasteiger partial charge in [0.15, 0.2) is 5.58 Å². The number of nitrogens with zero attached hydrogens (tertiary/aromatic N) is 4. The van der Waals surface area contributed by atoms with Crippen molar-refractivity contribution in [1.82, 2.24) is 14.9 Å². The number of hydrogen-bond donors (Lipinski definition) is 0. The van der Waals surface area contributed by atoms with Gasteiger partial charge in [0.1, 0.15) is 0 Å². The van der Waals surface area contributed by atoms with Gasteiger partial charge in [0.05, 0.1) is 6.34 Å². The van der Waals surface area contributed by atoms with E-state index in [1.807, 2.05) is 25.1 Å². The molecule has 0 atom stereocenters. The molecule has 0 saturated heterocycles. The number of hydrogen-bond acceptors (Lipinski definition) is 4. The largest absolute Gasteiger partial charge is 0.420 e. The highest BCUT2D eigenvalue weighted by Crippen LogP contribution is 2.17. The van der Waals surface area contributed by atoms with Gasteiger partial charge in [0.2, 0.25) is 5.65 Å². The van der Waals surface area contributed by atoms with Crippen LogP contribution < -0.4 is 0 Å². The molecule has 0 aromatic carbocycles. The van der Waals surface area contributed by atoms with E-state index in [1.54, 1.807) is 18.6 Å². The Morgan fingerprint density at radius 1 is 1.50 bits per heavy atom. The second-order valence-corrected chi connectivity index (χ2v) is 3.03. The zero-order valence-electron chi connectivity index (χ0n) is 8.01. The summed E-state index contributed by atoms with van der Waals surface area (Å²) in [5, 5.41) is 0. The number of pyridine rings is 1. The summed E-state index contributed by atoms with van der Waals surface area (Å²) in [7, 11) is 3.76. The summed E-state index contributed by atoms with van der Waals surface area (Å²) in [6, 6.07) is 3.93. The molecule has 0 radical (unpaired) electrons. The lowest BCUT2D eigenvalue weighted by Crippen LogP contribution is -2.06. The summed E-state index contributed by atoms with van der Waals surface area (Å²) >= 11 is 0. The van der Waals surface area contributed by atoms with Gasteiger partial charge in [0.25, 0.3) is 0 Å². The highest BCUT2D eigenvalue weighted by atomic mass is 16.4. The second kappa shape index (κ2) is 3.45. The Hall–Kier alpha value is -1.91. The Labute approximate surface area is 81.1 Å². The molecule has 72 valence electrons. The minimum Gasteiger partial charge on any atom is -0.420 e. The van der Waals surface area contributed by atoms with E-state index in [0.717, 1.165) is 0 Å². The molecule has 5 heteroatoms. The van der Waals surface area contributed by atoms with Crippen LogP contribution in [0.15, 0.2) is 27.7 Å². The van der Waals surface area contributed by atoms with Gasteiger partial charge in [-0.1, -0.05) is 0 Å². The van der Waals surface area contributed by atoms with Crippen LogP contribution in [0.3, 0.4) is 0 Å². The predicted molar refractivity (Wildman–Crippen MR) is 53.6 cm³/mol. The molecule has 2 aromatic rings. The Morgan fingerprint density at radius 2 is 2.36 bits per heavy atom. The van der Waals surface area contributed by atoms with Crippen LogP contribution in [0, 0.1) is 0 Å². The molecule has 0 aliphatic rings. The number of fused-ring (bicyclic) bond motifs is 1. The molecule has 0 fully saturated rings. The van der Waals surface area contributed by atoms with Crippen molar-refractivity contribution in [1.29, 1.82) is 0 Å². The van der Waals surface area contributed by atoms with Crippen LogP contribution in [0.25, 0.3) is 11.2 Å². The van der Waals surface area contributed by atoms with Gasteiger partial charge in [-0.3, -0.25) is 0 Å². The molecule has 0 unspecified atom stereocenters. The van der Waals surface area contributed by atoms with Crippen molar-refractivity contribution in [3.05, 3.63) is 18.3 Å². The van der Waals surface area contributed by atoms with Gasteiger partial charge in [-0.15, -0.1) is 0 Å². The third-order valence-corrected chi connectivity index (χ3v) is 1.55. The molecule has 0 aliphatic heterocycles. The van der Waals surface area contributed by atoms with Gasteiger partial charge in [-0.05, 0) is 12.1 Å². The van der Waals surface area contributed by atoms with E-state index in [2.05, 4.69) is 15.0 Å². The smallest absolute Gasteiger partial charge is 0.325 e. The average Bonchev–Trinajstić information content (AvgIpc) is 2.57. The van der Waals surface area contributed by atoms with E-state index in [4.69, 9.17) is 4.42 Å². The Morgan fingerprint density at radius 3 is 3.07 bits per heavy atom. The first kappa shape index (κ1) is 8.68. The van der Waals surface area contributed by atoms with Gasteiger partial charge in [-0.25, -0.2) is 4.98 Å². The highest BCUT2D eigenvalue weighted by Gasteiger charge is 2.02. The van der Waals surface area contributed by atoms with Crippen molar-refractivity contribution in [2.24, 2.45) is 4.99 Å². The first-order valence-corrected chi connectivity index (χ1v) is 4.18. The summed E-state index contributed by atoms with van der Waals surface area (Å²) in [6.07, 6.45) is 3.30. The summed E-state index contributed by atoms with van der Waals surface area (Å²) < 4.78 is 5.32. The van der Waals surface area contributed by atoms with Crippen molar-refractivity contribution < 1.29 is 4.42 Å². The van der Waals surface area contributed by atoms with Gasteiger partial charge < -0.3 is 9.32 Å². The minimum atomic E-state index is 0.326. The normalized spacial score (nSPS) is 11.3. The van der Waals surface area contributed by atoms with Crippen molar-refractivity contribution in [2.75, 3.05) is 14.1 Å². The van der Waals surface area contributed by atoms with E-state index < -0.39 is 0 Å². The zero-order chi connectivity index (χ0) is 9.97. The fourth-order valence-electron chi connectivity index (χ4n) is 0.978. The van der Waals surface area contributed by atoms with Crippen LogP contribution >= 0.6 is 0 Å². The average molecular weight is 190 g/mol. The van der Waals surface area contributed by atoms with Crippen LogP contribution in [0.4, 0.5) is 6.01 Å². The van der Waals surface area contributed by atoms with Crippen LogP contribution in [-0.4, -0.2) is 35.3 Å². The molecule has 0 N–H and O–H groups in total. The third kappa shape index (κ3) is 1.71. The third-order valence-electron chi connectivity index (χ3n) is 1.55. The molecule has 5 nitrogen and oxygen atoms in total. The fourth-order valence-corrected chi connectivity index (χ4v) is 0.978. The van der Waals surface area contributed by atoms with E-state index >= 15 is 0 Å². The quantitative estimate of drug-likeness (QED) is 0.531. The lowest BCUT2D eigenvalue weighted by molar-refractivity contribution is 0.602. The van der Waals surface area contributed by atoms with E-state index in [1.165, 1.54) is 0 Å². The topological polar surface area (TPSA) is 54.5 Å². The van der Waals surface area contributed by atoms with Gasteiger partial charge in [-0.2, -0.15) is 9.98 Å². The van der Waals surface area contributed by atoms with Crippen LogP contribution in [0.1, 0.15) is 0 Å². The summed E-state index contributed by atoms with van der Waals surface area (Å²) in [4.78, 5) is 14.0. The molecule has 14 heavy (non-hydrogen) atoms. The van der Waals surface area contributed by atoms with Crippen molar-refractivity contribution in [2.45, 2.75) is 0 Å². The standard InChI is InChI=1S/C9H10N4O/c1-13(2)6-11-9-12-8-7(14-9)4-3-5-10-8/h3-6H,1-2H3/b11-6+. The predicted octanol–water partition coefficient (Wildman–Crippen LogP) is 1.44. The lowest BCUT2D eigenvalue weighted by Gasteiger charge is -1.99. The fraction of sp³-hybridized carbons (Fsp3) is 0.222. The summed E-state index contributed by atoms with van der Waals surface area (Å²) in [5.74, 6) is 0. The molecular formula is C9H10N4O. The van der Waals surface area contributed by atoms with E-state index in [-0.39, 0.29) is 0 Å². The van der Waals surface area contributed by atoms with Crippen LogP contribution in [0.5, 0.6) is 0 Å². The molecule has 2 rings (SSSR count). The molecule has 0 amide bonds. The van der Waals surface area contributed by atoms with Crippen LogP contribution in [0.2, 0.25) is 0 Å². The number of aliphatic imine (C=N–C) groups is 1. The zero-order valence-corrected chi connectivity index (χ0v) is 8.01. The Bertz CT molecular complexity index is 428. The van der Waals surface area contributed by atoms with Gasteiger partial charge >= 0.3 is 6.01 Å². The Balaban J connectivity index is 2.36. The molecule has 0 aliphatic carbocycles. The maximum absolute atomic E-state index is 5.32. The Kier molecular flexibility index (Phi) is 2.14. The number of oxazole rings is 1. The maximum Gasteiger partial charge on any atom is 0.325 e. The molecule has 0 saturated carbocycles. The van der Waals surface area contributed by atoms with Gasteiger partial charge in [0, 0.05) is 20.3 Å². The van der Waals surface area contributed by atoms with Crippen molar-refractivity contribution >= 4 is 23.6 Å². The van der Waals surface area contributed by atoms with Crippen LogP contribution in [-0.2, 0) is 0 Å². The summed E-state index contributed by atoms with van der Waals surface area (Å²) in [5.41, 5.74) is 1.23. The lowest BCUT2D eigenvalue weighted by atomic mass is 10.5. The maximum atomic E-state index is 5.32. The highest BCUT2D eigenvalue weighted by molar-refractivity contribution is 5.69. The van der Waals surface area contributed by atoms with Crippen molar-refractivity contribution in [3.8, 4) is 0 Å². The van der Waals surface area contributed by atoms with E-state index in [9.17, 15) is 0 Å². The molecule has 0 spiro atoms. The number of rotatable bonds is 2. The molecule has 2 aromatic heterocycles. The second-order valence-electron chi connectivity index (χ2n) is 3.03. The minimum absolute atomic E-state index is 0.326. The molecule has 0 bridgehead atoms. The SMILES string of the molecule is CN(C)/C=N/c1nc2ncccc2o1.